The van der Waals surface area contributed by atoms with Crippen LogP contribution in [0.2, 0.25) is 0 Å². The van der Waals surface area contributed by atoms with Crippen LogP contribution in [-0.4, -0.2) is 50.0 Å². The first kappa shape index (κ1) is 21.5. The molecule has 2 aromatic carbocycles. The molecule has 5 heteroatoms. The molecule has 156 valence electrons. The van der Waals surface area contributed by atoms with E-state index >= 15 is 0 Å². The van der Waals surface area contributed by atoms with Gasteiger partial charge in [-0.1, -0.05) is 60.7 Å². The molecule has 0 spiro atoms. The molecule has 1 saturated heterocycles. The molecular weight excluding hydrogens is 366 g/mol. The van der Waals surface area contributed by atoms with Crippen LogP contribution in [0.5, 0.6) is 0 Å². The first-order chi connectivity index (χ1) is 14.2. The quantitative estimate of drug-likeness (QED) is 0.635. The minimum absolute atomic E-state index is 0.00707. The number of aliphatic hydroxyl groups excluding tert-OH is 1. The van der Waals surface area contributed by atoms with Crippen LogP contribution in [0, 0.1) is 5.92 Å². The van der Waals surface area contributed by atoms with Gasteiger partial charge in [0.05, 0.1) is 32.2 Å². The van der Waals surface area contributed by atoms with Gasteiger partial charge < -0.3 is 19.5 Å². The van der Waals surface area contributed by atoms with Gasteiger partial charge in [0, 0.05) is 12.8 Å². The standard InChI is InChI=1S/C24H31NO4/c1-2-28-24(27)21-13-15-25(16-14-21)17-22(26)18-29-23(19-9-5-3-6-10-19)20-11-7-4-8-12-20/h3-12,21-23,26H,2,13-18H2,1H3/p+1/t22-/m1/s1. The summed E-state index contributed by atoms with van der Waals surface area (Å²) < 4.78 is 11.3. The summed E-state index contributed by atoms with van der Waals surface area (Å²) in [5.74, 6) is -0.0726. The van der Waals surface area contributed by atoms with E-state index in [0.29, 0.717) is 13.2 Å². The summed E-state index contributed by atoms with van der Waals surface area (Å²) >= 11 is 0. The van der Waals surface area contributed by atoms with Crippen LogP contribution in [0.1, 0.15) is 37.0 Å². The number of piperidine rings is 1. The predicted molar refractivity (Wildman–Crippen MR) is 112 cm³/mol. The second-order valence-electron chi connectivity index (χ2n) is 7.67. The summed E-state index contributed by atoms with van der Waals surface area (Å²) in [4.78, 5) is 13.2. The summed E-state index contributed by atoms with van der Waals surface area (Å²) in [5.41, 5.74) is 2.15. The van der Waals surface area contributed by atoms with Crippen LogP contribution in [0.25, 0.3) is 0 Å². The van der Waals surface area contributed by atoms with Gasteiger partial charge >= 0.3 is 5.97 Å². The lowest BCUT2D eigenvalue weighted by atomic mass is 9.97. The van der Waals surface area contributed by atoms with Gasteiger partial charge in [-0.3, -0.25) is 4.79 Å². The van der Waals surface area contributed by atoms with Gasteiger partial charge in [0.25, 0.3) is 0 Å². The first-order valence-corrected chi connectivity index (χ1v) is 10.6. The number of ether oxygens (including phenoxy) is 2. The van der Waals surface area contributed by atoms with E-state index in [1.807, 2.05) is 43.3 Å². The zero-order valence-electron chi connectivity index (χ0n) is 17.1. The zero-order chi connectivity index (χ0) is 20.5. The van der Waals surface area contributed by atoms with Crippen molar-refractivity contribution in [2.75, 3.05) is 32.8 Å². The molecule has 0 saturated carbocycles. The van der Waals surface area contributed by atoms with Gasteiger partial charge in [-0.25, -0.2) is 0 Å². The highest BCUT2D eigenvalue weighted by Gasteiger charge is 2.29. The van der Waals surface area contributed by atoms with E-state index in [9.17, 15) is 9.90 Å². The maximum atomic E-state index is 11.9. The molecule has 5 nitrogen and oxygen atoms in total. The summed E-state index contributed by atoms with van der Waals surface area (Å²) in [7, 11) is 0. The monoisotopic (exact) mass is 398 g/mol. The highest BCUT2D eigenvalue weighted by molar-refractivity contribution is 5.72. The number of hydrogen-bond donors (Lipinski definition) is 2. The molecule has 1 heterocycles. The maximum Gasteiger partial charge on any atom is 0.309 e. The van der Waals surface area contributed by atoms with E-state index in [0.717, 1.165) is 37.1 Å². The summed E-state index contributed by atoms with van der Waals surface area (Å²) in [5, 5.41) is 10.6. The van der Waals surface area contributed by atoms with Gasteiger partial charge in [0.1, 0.15) is 18.8 Å². The van der Waals surface area contributed by atoms with Crippen molar-refractivity contribution in [3.8, 4) is 0 Å². The molecule has 29 heavy (non-hydrogen) atoms. The molecule has 1 aliphatic heterocycles. The number of likely N-dealkylation sites (tertiary alicyclic amines) is 1. The third-order valence-corrected chi connectivity index (χ3v) is 5.50. The maximum absolute atomic E-state index is 11.9. The van der Waals surface area contributed by atoms with Crippen molar-refractivity contribution >= 4 is 5.97 Å². The number of aliphatic hydroxyl groups is 1. The summed E-state index contributed by atoms with van der Waals surface area (Å²) in [6, 6.07) is 20.2. The fourth-order valence-corrected chi connectivity index (χ4v) is 3.97. The summed E-state index contributed by atoms with van der Waals surface area (Å²) in [6.07, 6.45) is 0.896. The second kappa shape index (κ2) is 11.1. The predicted octanol–water partition coefficient (Wildman–Crippen LogP) is 2.01. The minimum atomic E-state index is -0.543. The van der Waals surface area contributed by atoms with Crippen molar-refractivity contribution in [1.29, 1.82) is 0 Å². The SMILES string of the molecule is CCOC(=O)C1CC[NH+](C[C@@H](O)COC(c2ccccc2)c2ccccc2)CC1. The molecule has 0 amide bonds. The number of quaternary nitrogens is 1. The van der Waals surface area contributed by atoms with E-state index in [1.165, 1.54) is 4.90 Å². The van der Waals surface area contributed by atoms with E-state index in [1.54, 1.807) is 0 Å². The molecule has 3 rings (SSSR count). The van der Waals surface area contributed by atoms with E-state index in [-0.39, 0.29) is 24.6 Å². The second-order valence-corrected chi connectivity index (χ2v) is 7.67. The third kappa shape index (κ3) is 6.39. The largest absolute Gasteiger partial charge is 0.466 e. The lowest BCUT2D eigenvalue weighted by Crippen LogP contribution is -3.14. The van der Waals surface area contributed by atoms with Crippen LogP contribution in [-0.2, 0) is 14.3 Å². The number of esters is 1. The van der Waals surface area contributed by atoms with Crippen LogP contribution in [0.4, 0.5) is 0 Å². The highest BCUT2D eigenvalue weighted by Crippen LogP contribution is 2.25. The van der Waals surface area contributed by atoms with Gasteiger partial charge in [0.15, 0.2) is 0 Å². The molecule has 0 radical (unpaired) electrons. The van der Waals surface area contributed by atoms with Crippen LogP contribution in [0.15, 0.2) is 60.7 Å². The summed E-state index contributed by atoms with van der Waals surface area (Å²) in [6.45, 7) is 4.94. The van der Waals surface area contributed by atoms with Gasteiger partial charge in [-0.15, -0.1) is 0 Å². The highest BCUT2D eigenvalue weighted by atomic mass is 16.5. The molecule has 2 aromatic rings. The molecular formula is C24H32NO4+. The number of benzene rings is 2. The molecule has 0 bridgehead atoms. The van der Waals surface area contributed by atoms with Crippen molar-refractivity contribution in [1.82, 2.24) is 0 Å². The fraction of sp³-hybridized carbons (Fsp3) is 0.458. The van der Waals surface area contributed by atoms with Gasteiger partial charge in [0.2, 0.25) is 0 Å². The first-order valence-electron chi connectivity index (χ1n) is 10.6. The Bertz CT molecular complexity index is 690. The third-order valence-electron chi connectivity index (χ3n) is 5.50. The Labute approximate surface area is 173 Å². The Balaban J connectivity index is 1.51. The number of carbonyl (C=O) groups is 1. The van der Waals surface area contributed by atoms with E-state index < -0.39 is 6.10 Å². The fourth-order valence-electron chi connectivity index (χ4n) is 3.97. The minimum Gasteiger partial charge on any atom is -0.466 e. The Morgan fingerprint density at radius 1 is 1.03 bits per heavy atom. The lowest BCUT2D eigenvalue weighted by Gasteiger charge is -2.30. The van der Waals surface area contributed by atoms with Crippen molar-refractivity contribution < 1.29 is 24.3 Å². The van der Waals surface area contributed by atoms with E-state index in [2.05, 4.69) is 24.3 Å². The average molecular weight is 399 g/mol. The van der Waals surface area contributed by atoms with Crippen LogP contribution in [0.3, 0.4) is 0 Å². The van der Waals surface area contributed by atoms with E-state index in [4.69, 9.17) is 9.47 Å². The number of carbonyl (C=O) groups excluding carboxylic acids is 1. The molecule has 1 aliphatic rings. The molecule has 1 fully saturated rings. The number of rotatable bonds is 9. The van der Waals surface area contributed by atoms with Crippen LogP contribution < -0.4 is 4.90 Å². The zero-order valence-corrected chi connectivity index (χ0v) is 17.1. The Morgan fingerprint density at radius 3 is 2.10 bits per heavy atom. The topological polar surface area (TPSA) is 60.2 Å². The molecule has 0 aromatic heterocycles. The Hall–Kier alpha value is -2.21. The smallest absolute Gasteiger partial charge is 0.309 e. The normalized spacial score (nSPS) is 20.4. The van der Waals surface area contributed by atoms with Crippen molar-refractivity contribution in [2.24, 2.45) is 5.92 Å². The van der Waals surface area contributed by atoms with Crippen molar-refractivity contribution in [3.05, 3.63) is 71.8 Å². The van der Waals surface area contributed by atoms with Gasteiger partial charge in [-0.05, 0) is 18.1 Å². The molecule has 2 N–H and O–H groups in total. The van der Waals surface area contributed by atoms with Gasteiger partial charge in [-0.2, -0.15) is 0 Å². The Kier molecular flexibility index (Phi) is 8.23. The molecule has 1 atom stereocenters. The number of hydrogen-bond acceptors (Lipinski definition) is 4. The Morgan fingerprint density at radius 2 is 1.59 bits per heavy atom. The lowest BCUT2D eigenvalue weighted by molar-refractivity contribution is -0.908. The van der Waals surface area contributed by atoms with Crippen LogP contribution >= 0.6 is 0 Å². The average Bonchev–Trinajstić information content (AvgIpc) is 2.76. The molecule has 0 aliphatic carbocycles. The molecule has 0 unspecified atom stereocenters. The number of nitrogens with one attached hydrogen (secondary N) is 1. The van der Waals surface area contributed by atoms with Crippen molar-refractivity contribution in [2.45, 2.75) is 32.0 Å². The van der Waals surface area contributed by atoms with Crippen molar-refractivity contribution in [3.63, 3.8) is 0 Å².